The Balaban J connectivity index is 2.32. The number of carbonyl (C=O) groups excluding carboxylic acids is 2. The highest BCUT2D eigenvalue weighted by Gasteiger charge is 2.05. The van der Waals surface area contributed by atoms with Gasteiger partial charge in [-0.1, -0.05) is 12.1 Å². The van der Waals surface area contributed by atoms with Gasteiger partial charge in [0, 0.05) is 11.4 Å². The topological polar surface area (TPSA) is 104 Å². The fourth-order valence-electron chi connectivity index (χ4n) is 2.19. The van der Waals surface area contributed by atoms with Crippen LogP contribution in [0, 0.1) is 13.8 Å². The van der Waals surface area contributed by atoms with Crippen molar-refractivity contribution in [2.45, 2.75) is 13.8 Å². The zero-order valence-electron chi connectivity index (χ0n) is 12.1. The molecule has 2 N–H and O–H groups in total. The zero-order chi connectivity index (χ0) is 16.3. The van der Waals surface area contributed by atoms with E-state index in [1.807, 2.05) is 12.1 Å². The van der Waals surface area contributed by atoms with Crippen LogP contribution < -0.4 is 20.8 Å². The molecular weight excluding hydrogens is 284 g/mol. The largest absolute Gasteiger partial charge is 0.530 e. The molecule has 2 aromatic carbocycles. The Labute approximate surface area is 127 Å². The number of hydrogen-bond acceptors (Lipinski definition) is 4. The maximum absolute atomic E-state index is 10.6. The summed E-state index contributed by atoms with van der Waals surface area (Å²) in [5, 5.41) is 25.6. The van der Waals surface area contributed by atoms with Gasteiger partial charge in [-0.25, -0.2) is 0 Å². The predicted molar refractivity (Wildman–Crippen MR) is 79.4 cm³/mol. The van der Waals surface area contributed by atoms with Crippen LogP contribution >= 0.6 is 0 Å². The number of rotatable bonds is 3. The normalized spacial score (nSPS) is 10.1. The quantitative estimate of drug-likeness (QED) is 0.895. The Hall–Kier alpha value is -3.02. The fraction of sp³-hybridized carbons (Fsp3) is 0.125. The minimum atomic E-state index is -1.36. The van der Waals surface area contributed by atoms with Crippen LogP contribution in [0.2, 0.25) is 0 Å². The molecule has 0 bridgehead atoms. The smallest absolute Gasteiger partial charge is 0.138 e. The van der Waals surface area contributed by atoms with Crippen molar-refractivity contribution in [2.24, 2.45) is 0 Å². The molecule has 0 aliphatic carbocycles. The highest BCUT2D eigenvalue weighted by molar-refractivity contribution is 5.85. The minimum absolute atomic E-state index is 0.468. The molecule has 114 valence electrons. The van der Waals surface area contributed by atoms with E-state index in [0.717, 1.165) is 22.3 Å². The highest BCUT2D eigenvalue weighted by Crippen LogP contribution is 2.28. The lowest BCUT2D eigenvalue weighted by Gasteiger charge is -2.14. The Morgan fingerprint density at radius 3 is 1.41 bits per heavy atom. The van der Waals surface area contributed by atoms with Gasteiger partial charge in [-0.15, -0.1) is 0 Å². The molecule has 6 heteroatoms. The van der Waals surface area contributed by atoms with Crippen LogP contribution in [0.4, 0.5) is 21.0 Å². The summed E-state index contributed by atoms with van der Waals surface area (Å²) in [6, 6.07) is 10.5. The Morgan fingerprint density at radius 2 is 1.14 bits per heavy atom. The summed E-state index contributed by atoms with van der Waals surface area (Å²) in [6.07, 6.45) is -2.71. The first-order valence-electron chi connectivity index (χ1n) is 6.54. The average Bonchev–Trinajstić information content (AvgIpc) is 2.42. The lowest BCUT2D eigenvalue weighted by atomic mass is 10.00. The van der Waals surface area contributed by atoms with Gasteiger partial charge in [0.2, 0.25) is 0 Å². The second-order valence-corrected chi connectivity index (χ2v) is 4.88. The maximum atomic E-state index is 10.6. The van der Waals surface area contributed by atoms with Gasteiger partial charge in [0.1, 0.15) is 12.2 Å². The number of carbonyl (C=O) groups is 2. The number of amides is 2. The third-order valence-corrected chi connectivity index (χ3v) is 3.26. The molecule has 0 aromatic heterocycles. The molecule has 0 fully saturated rings. The summed E-state index contributed by atoms with van der Waals surface area (Å²) < 4.78 is 0. The summed E-state index contributed by atoms with van der Waals surface area (Å²) in [7, 11) is 0. The summed E-state index contributed by atoms with van der Waals surface area (Å²) in [4.78, 5) is 21.1. The molecule has 0 aliphatic rings. The van der Waals surface area contributed by atoms with Crippen molar-refractivity contribution in [3.05, 3.63) is 47.5 Å². The molecule has 0 heterocycles. The van der Waals surface area contributed by atoms with Gasteiger partial charge in [-0.2, -0.15) is 0 Å². The number of aryl methyl sites for hydroxylation is 2. The lowest BCUT2D eigenvalue weighted by molar-refractivity contribution is -0.243. The van der Waals surface area contributed by atoms with Gasteiger partial charge in [-0.3, -0.25) is 0 Å². The van der Waals surface area contributed by atoms with Crippen LogP contribution in [0.1, 0.15) is 11.1 Å². The molecule has 0 aliphatic heterocycles. The van der Waals surface area contributed by atoms with E-state index in [1.165, 1.54) is 0 Å². The SMILES string of the molecule is Cc1cc(-c2ccc(NC(=O)[O-])c(C)c2)ccc1NC(=O)[O-]. The second-order valence-electron chi connectivity index (χ2n) is 4.88. The van der Waals surface area contributed by atoms with Crippen molar-refractivity contribution in [3.63, 3.8) is 0 Å². The summed E-state index contributed by atoms with van der Waals surface area (Å²) >= 11 is 0. The third-order valence-electron chi connectivity index (χ3n) is 3.26. The van der Waals surface area contributed by atoms with E-state index in [-0.39, 0.29) is 0 Å². The van der Waals surface area contributed by atoms with Crippen molar-refractivity contribution in [1.29, 1.82) is 0 Å². The molecule has 6 nitrogen and oxygen atoms in total. The van der Waals surface area contributed by atoms with Gasteiger partial charge >= 0.3 is 0 Å². The van der Waals surface area contributed by atoms with Crippen molar-refractivity contribution in [3.8, 4) is 11.1 Å². The van der Waals surface area contributed by atoms with E-state index >= 15 is 0 Å². The van der Waals surface area contributed by atoms with Crippen molar-refractivity contribution < 1.29 is 19.8 Å². The molecule has 2 aromatic rings. The zero-order valence-corrected chi connectivity index (χ0v) is 12.1. The molecule has 0 spiro atoms. The van der Waals surface area contributed by atoms with Crippen molar-refractivity contribution >= 4 is 23.6 Å². The third kappa shape index (κ3) is 3.54. The van der Waals surface area contributed by atoms with Crippen LogP contribution in [0.5, 0.6) is 0 Å². The van der Waals surface area contributed by atoms with Gasteiger partial charge in [0.05, 0.1) is 0 Å². The van der Waals surface area contributed by atoms with Gasteiger partial charge < -0.3 is 30.4 Å². The fourth-order valence-corrected chi connectivity index (χ4v) is 2.19. The maximum Gasteiger partial charge on any atom is 0.138 e. The summed E-state index contributed by atoms with van der Waals surface area (Å²) in [6.45, 7) is 3.57. The first-order valence-corrected chi connectivity index (χ1v) is 6.54. The van der Waals surface area contributed by atoms with E-state index in [1.54, 1.807) is 38.1 Å². The molecule has 0 saturated heterocycles. The lowest BCUT2D eigenvalue weighted by Crippen LogP contribution is -2.29. The number of nitrogens with one attached hydrogen (secondary N) is 2. The van der Waals surface area contributed by atoms with Gasteiger partial charge in [-0.05, 0) is 60.4 Å². The molecule has 2 amide bonds. The summed E-state index contributed by atoms with van der Waals surface area (Å²) in [5.41, 5.74) is 4.24. The van der Waals surface area contributed by atoms with Crippen LogP contribution in [0.15, 0.2) is 36.4 Å². The Kier molecular flexibility index (Phi) is 4.31. The van der Waals surface area contributed by atoms with E-state index in [4.69, 9.17) is 0 Å². The van der Waals surface area contributed by atoms with E-state index in [9.17, 15) is 19.8 Å². The molecule has 2 rings (SSSR count). The standard InChI is InChI=1S/C16H16N2O4/c1-9-7-11(3-5-13(9)17-15(19)20)12-4-6-14(10(2)8-12)18-16(21)22/h3-8,17-18H,1-2H3,(H,19,20)(H,21,22)/p-2. The van der Waals surface area contributed by atoms with E-state index < -0.39 is 12.2 Å². The van der Waals surface area contributed by atoms with Crippen molar-refractivity contribution in [1.82, 2.24) is 0 Å². The van der Waals surface area contributed by atoms with Crippen LogP contribution in [-0.2, 0) is 0 Å². The highest BCUT2D eigenvalue weighted by atomic mass is 16.4. The number of hydrogen-bond donors (Lipinski definition) is 2. The summed E-state index contributed by atoms with van der Waals surface area (Å²) in [5.74, 6) is 0. The number of anilines is 2. The molecule has 0 saturated carbocycles. The average molecular weight is 298 g/mol. The van der Waals surface area contributed by atoms with Crippen LogP contribution in [-0.4, -0.2) is 12.2 Å². The van der Waals surface area contributed by atoms with Crippen molar-refractivity contribution in [2.75, 3.05) is 10.6 Å². The molecule has 0 radical (unpaired) electrons. The van der Waals surface area contributed by atoms with Crippen LogP contribution in [0.25, 0.3) is 11.1 Å². The molecule has 0 unspecified atom stereocenters. The van der Waals surface area contributed by atoms with E-state index in [2.05, 4.69) is 10.6 Å². The van der Waals surface area contributed by atoms with Crippen LogP contribution in [0.3, 0.4) is 0 Å². The molecular formula is C16H14N2O4-2. The monoisotopic (exact) mass is 298 g/mol. The number of benzene rings is 2. The van der Waals surface area contributed by atoms with Gasteiger partial charge in [0.25, 0.3) is 0 Å². The second kappa shape index (κ2) is 6.17. The predicted octanol–water partition coefficient (Wildman–Crippen LogP) is 1.48. The molecule has 0 atom stereocenters. The Morgan fingerprint density at radius 1 is 0.773 bits per heavy atom. The van der Waals surface area contributed by atoms with Gasteiger partial charge in [0.15, 0.2) is 0 Å². The minimum Gasteiger partial charge on any atom is -0.530 e. The first-order chi connectivity index (χ1) is 10.4. The first kappa shape index (κ1) is 15.4. The van der Waals surface area contributed by atoms with E-state index in [0.29, 0.717) is 11.4 Å². The Bertz CT molecular complexity index is 677. The molecule has 22 heavy (non-hydrogen) atoms. The number of carboxylic acid groups (broad SMARTS) is 2.